The van der Waals surface area contributed by atoms with Gasteiger partial charge in [-0.25, -0.2) is 0 Å². The molecule has 4 heteroatoms. The van der Waals surface area contributed by atoms with E-state index in [0.29, 0.717) is 6.61 Å². The number of rotatable bonds is 7. The molecule has 1 unspecified atom stereocenters. The summed E-state index contributed by atoms with van der Waals surface area (Å²) in [7, 11) is -1.78. The lowest BCUT2D eigenvalue weighted by atomic mass is 10.2. The average molecular weight is 385 g/mol. The van der Waals surface area contributed by atoms with Gasteiger partial charge in [-0.3, -0.25) is 0 Å². The Morgan fingerprint density at radius 3 is 2.42 bits per heavy atom. The molecule has 0 radical (unpaired) electrons. The molecule has 0 aliphatic carbocycles. The van der Waals surface area contributed by atoms with Gasteiger partial charge in [-0.2, -0.15) is 0 Å². The van der Waals surface area contributed by atoms with Crippen LogP contribution >= 0.6 is 11.8 Å². The number of thioether (sulfide) groups is 1. The molecule has 0 spiro atoms. The van der Waals surface area contributed by atoms with Gasteiger partial charge < -0.3 is 9.47 Å². The van der Waals surface area contributed by atoms with Crippen LogP contribution in [0, 0.1) is 0 Å². The molecule has 2 nitrogen and oxygen atoms in total. The summed E-state index contributed by atoms with van der Waals surface area (Å²) in [5.74, 6) is 0. The predicted molar refractivity (Wildman–Crippen MR) is 113 cm³/mol. The minimum absolute atomic E-state index is 0.0375. The Morgan fingerprint density at radius 2 is 1.77 bits per heavy atom. The highest BCUT2D eigenvalue weighted by atomic mass is 32.2. The van der Waals surface area contributed by atoms with Crippen molar-refractivity contribution in [3.63, 3.8) is 0 Å². The standard InChI is InChI=1S/C22H28O2SSi/c1-26(2,20-13-7-4-8-14-20)22(25-19-11-5-3-6-12-19)16-18-24-21-15-9-10-17-23-21/h3-8,11-14,16,21H,9-10,15,17-18H2,1-2H3/b22-16+. The molecule has 138 valence electrons. The van der Waals surface area contributed by atoms with E-state index >= 15 is 0 Å². The molecule has 3 rings (SSSR count). The van der Waals surface area contributed by atoms with E-state index in [-0.39, 0.29) is 6.29 Å². The molecule has 1 saturated heterocycles. The van der Waals surface area contributed by atoms with Crippen molar-refractivity contribution in [2.24, 2.45) is 0 Å². The molecular weight excluding hydrogens is 356 g/mol. The SMILES string of the molecule is C[Si](C)(/C(=C/COC1CCCCO1)Sc1ccccc1)c1ccccc1. The fraction of sp³-hybridized carbons (Fsp3) is 0.364. The van der Waals surface area contributed by atoms with Gasteiger partial charge in [-0.05, 0) is 35.9 Å². The first kappa shape index (κ1) is 19.4. The number of ether oxygens (including phenoxy) is 2. The largest absolute Gasteiger partial charge is 0.353 e. The first-order valence-corrected chi connectivity index (χ1v) is 13.2. The van der Waals surface area contributed by atoms with Crippen LogP contribution in [0.15, 0.2) is 76.2 Å². The molecule has 26 heavy (non-hydrogen) atoms. The zero-order valence-corrected chi connectivity index (χ0v) is 17.5. The van der Waals surface area contributed by atoms with Crippen molar-refractivity contribution in [1.29, 1.82) is 0 Å². The van der Waals surface area contributed by atoms with Crippen LogP contribution in [-0.4, -0.2) is 27.6 Å². The zero-order valence-electron chi connectivity index (χ0n) is 15.7. The maximum Gasteiger partial charge on any atom is 0.157 e. The second-order valence-electron chi connectivity index (χ2n) is 7.10. The van der Waals surface area contributed by atoms with Crippen LogP contribution in [0.4, 0.5) is 0 Å². The summed E-state index contributed by atoms with van der Waals surface area (Å²) < 4.78 is 13.1. The van der Waals surface area contributed by atoms with Crippen molar-refractivity contribution in [3.05, 3.63) is 71.3 Å². The first-order valence-electron chi connectivity index (χ1n) is 9.38. The smallest absolute Gasteiger partial charge is 0.157 e. The predicted octanol–water partition coefficient (Wildman–Crippen LogP) is 5.36. The quantitative estimate of drug-likeness (QED) is 0.473. The molecule has 1 aliphatic rings. The van der Waals surface area contributed by atoms with Gasteiger partial charge in [0.1, 0.15) is 8.07 Å². The zero-order chi connectivity index (χ0) is 18.2. The molecule has 1 heterocycles. The summed E-state index contributed by atoms with van der Waals surface area (Å²) in [5, 5.41) is 1.45. The lowest BCUT2D eigenvalue weighted by Crippen LogP contribution is -2.43. The Labute approximate surface area is 162 Å². The average Bonchev–Trinajstić information content (AvgIpc) is 2.69. The Bertz CT molecular complexity index is 695. The minimum Gasteiger partial charge on any atom is -0.353 e. The van der Waals surface area contributed by atoms with Gasteiger partial charge >= 0.3 is 0 Å². The highest BCUT2D eigenvalue weighted by molar-refractivity contribution is 8.05. The molecule has 0 aromatic heterocycles. The van der Waals surface area contributed by atoms with Crippen LogP contribution in [0.5, 0.6) is 0 Å². The van der Waals surface area contributed by atoms with Crippen LogP contribution in [0.25, 0.3) is 0 Å². The summed E-state index contributed by atoms with van der Waals surface area (Å²) in [4.78, 5) is 1.28. The molecule has 0 saturated carbocycles. The summed E-state index contributed by atoms with van der Waals surface area (Å²) in [6.07, 6.45) is 5.61. The van der Waals surface area contributed by atoms with E-state index < -0.39 is 8.07 Å². The second kappa shape index (κ2) is 9.56. The summed E-state index contributed by atoms with van der Waals surface area (Å²) >= 11 is 1.88. The van der Waals surface area contributed by atoms with Gasteiger partial charge in [0.25, 0.3) is 0 Å². The highest BCUT2D eigenvalue weighted by Crippen LogP contribution is 2.33. The van der Waals surface area contributed by atoms with Crippen molar-refractivity contribution in [2.45, 2.75) is 43.5 Å². The topological polar surface area (TPSA) is 18.5 Å². The number of hydrogen-bond acceptors (Lipinski definition) is 3. The van der Waals surface area contributed by atoms with Crippen molar-refractivity contribution in [1.82, 2.24) is 0 Å². The third kappa shape index (κ3) is 5.33. The lowest BCUT2D eigenvalue weighted by molar-refractivity contribution is -0.155. The third-order valence-corrected chi connectivity index (χ3v) is 10.7. The van der Waals surface area contributed by atoms with E-state index in [1.54, 1.807) is 0 Å². The van der Waals surface area contributed by atoms with Gasteiger partial charge in [-0.15, -0.1) is 0 Å². The van der Waals surface area contributed by atoms with E-state index in [9.17, 15) is 0 Å². The van der Waals surface area contributed by atoms with Crippen LogP contribution in [0.1, 0.15) is 19.3 Å². The third-order valence-electron chi connectivity index (χ3n) is 4.77. The van der Waals surface area contributed by atoms with E-state index in [0.717, 1.165) is 19.4 Å². The monoisotopic (exact) mass is 384 g/mol. The van der Waals surface area contributed by atoms with Gasteiger partial charge in [-0.1, -0.05) is 84.6 Å². The molecule has 2 aromatic rings. The normalized spacial score (nSPS) is 18.7. The summed E-state index contributed by atoms with van der Waals surface area (Å²) in [6, 6.07) is 21.5. The van der Waals surface area contributed by atoms with E-state index in [1.165, 1.54) is 21.0 Å². The molecule has 2 aromatic carbocycles. The van der Waals surface area contributed by atoms with Crippen molar-refractivity contribution in [2.75, 3.05) is 13.2 Å². The number of hydrogen-bond donors (Lipinski definition) is 0. The maximum atomic E-state index is 5.99. The maximum absolute atomic E-state index is 5.99. The fourth-order valence-corrected chi connectivity index (χ4v) is 7.44. The highest BCUT2D eigenvalue weighted by Gasteiger charge is 2.29. The minimum atomic E-state index is -1.78. The molecule has 0 N–H and O–H groups in total. The molecule has 0 amide bonds. The molecule has 1 aliphatic heterocycles. The van der Waals surface area contributed by atoms with Crippen molar-refractivity contribution >= 4 is 25.0 Å². The Kier molecular flexibility index (Phi) is 7.14. The van der Waals surface area contributed by atoms with Gasteiger partial charge in [0.15, 0.2) is 6.29 Å². The summed E-state index contributed by atoms with van der Waals surface area (Å²) in [5.41, 5.74) is 0. The molecule has 0 bridgehead atoms. The van der Waals surface area contributed by atoms with Crippen LogP contribution in [0.3, 0.4) is 0 Å². The first-order chi connectivity index (χ1) is 12.7. The molecular formula is C22H28O2SSi. The van der Waals surface area contributed by atoms with Gasteiger partial charge in [0.2, 0.25) is 0 Å². The Morgan fingerprint density at radius 1 is 1.08 bits per heavy atom. The molecule has 1 fully saturated rings. The van der Waals surface area contributed by atoms with Crippen molar-refractivity contribution in [3.8, 4) is 0 Å². The van der Waals surface area contributed by atoms with Gasteiger partial charge in [0, 0.05) is 11.5 Å². The second-order valence-corrected chi connectivity index (χ2v) is 12.9. The van der Waals surface area contributed by atoms with E-state index in [1.807, 2.05) is 11.8 Å². The molecule has 1 atom stereocenters. The lowest BCUT2D eigenvalue weighted by Gasteiger charge is -2.27. The van der Waals surface area contributed by atoms with Crippen molar-refractivity contribution < 1.29 is 9.47 Å². The van der Waals surface area contributed by atoms with E-state index in [2.05, 4.69) is 79.8 Å². The summed E-state index contributed by atoms with van der Waals surface area (Å²) in [6.45, 7) is 6.27. The van der Waals surface area contributed by atoms with Crippen LogP contribution in [0.2, 0.25) is 13.1 Å². The van der Waals surface area contributed by atoms with Gasteiger partial charge in [0.05, 0.1) is 6.61 Å². The fourth-order valence-electron chi connectivity index (χ4n) is 3.11. The van der Waals surface area contributed by atoms with E-state index in [4.69, 9.17) is 9.47 Å². The Hall–Kier alpha value is -1.33. The van der Waals surface area contributed by atoms with Crippen LogP contribution < -0.4 is 5.19 Å². The van der Waals surface area contributed by atoms with Crippen LogP contribution in [-0.2, 0) is 9.47 Å². The number of benzene rings is 2. The Balaban J connectivity index is 1.77.